The zero-order chi connectivity index (χ0) is 22.5. The van der Waals surface area contributed by atoms with Crippen LogP contribution in [0, 0.1) is 13.8 Å². The molecule has 0 aliphatic carbocycles. The molecule has 0 saturated heterocycles. The molecule has 0 saturated carbocycles. The second-order valence-corrected chi connectivity index (χ2v) is 10.3. The fourth-order valence-corrected chi connectivity index (χ4v) is 5.59. The van der Waals surface area contributed by atoms with Crippen LogP contribution in [0.25, 0.3) is 10.2 Å². The molecule has 0 atom stereocenters. The van der Waals surface area contributed by atoms with Crippen LogP contribution >= 0.6 is 34.7 Å². The number of halogens is 1. The molecular weight excluding hydrogens is 460 g/mol. The molecule has 4 aromatic rings. The number of hydrogen-bond acceptors (Lipinski definition) is 5. The maximum atomic E-state index is 13.2. The van der Waals surface area contributed by atoms with Gasteiger partial charge in [-0.05, 0) is 61.7 Å². The van der Waals surface area contributed by atoms with Crippen LogP contribution in [0.4, 0.5) is 5.13 Å². The zero-order valence-corrected chi connectivity index (χ0v) is 20.5. The monoisotopic (exact) mass is 484 g/mol. The zero-order valence-electron chi connectivity index (χ0n) is 18.1. The maximum absolute atomic E-state index is 13.2. The fraction of sp³-hybridized carbons (Fsp3) is 0.292. The molecule has 2 aromatic heterocycles. The van der Waals surface area contributed by atoms with Crippen molar-refractivity contribution in [1.29, 1.82) is 0 Å². The first-order chi connectivity index (χ1) is 15.5. The predicted octanol–water partition coefficient (Wildman–Crippen LogP) is 6.37. The molecule has 0 unspecified atom stereocenters. The lowest BCUT2D eigenvalue weighted by Crippen LogP contribution is -2.32. The average Bonchev–Trinajstić information content (AvgIpc) is 3.42. The van der Waals surface area contributed by atoms with Crippen LogP contribution in [0.15, 0.2) is 60.0 Å². The number of thiazole rings is 1. The Balaban J connectivity index is 1.48. The molecule has 0 aliphatic heterocycles. The summed E-state index contributed by atoms with van der Waals surface area (Å²) in [5, 5.41) is 1.50. The Kier molecular flexibility index (Phi) is 7.50. The Hall–Kier alpha value is -2.35. The van der Waals surface area contributed by atoms with Crippen LogP contribution in [-0.2, 0) is 11.3 Å². The summed E-state index contributed by atoms with van der Waals surface area (Å²) in [6.45, 7) is 5.62. The van der Waals surface area contributed by atoms with Crippen LogP contribution in [0.2, 0.25) is 5.02 Å². The molecule has 0 bridgehead atoms. The first-order valence-electron chi connectivity index (χ1n) is 10.5. The van der Waals surface area contributed by atoms with Crippen molar-refractivity contribution in [3.8, 4) is 0 Å². The number of amides is 1. The number of imidazole rings is 1. The van der Waals surface area contributed by atoms with Gasteiger partial charge in [0.05, 0.1) is 16.5 Å². The molecule has 2 heterocycles. The Morgan fingerprint density at radius 3 is 2.78 bits per heavy atom. The van der Waals surface area contributed by atoms with Crippen molar-refractivity contribution in [2.75, 3.05) is 17.2 Å². The Bertz CT molecular complexity index is 1190. The van der Waals surface area contributed by atoms with Crippen molar-refractivity contribution in [3.63, 3.8) is 0 Å². The van der Waals surface area contributed by atoms with Crippen LogP contribution < -0.4 is 4.90 Å². The maximum Gasteiger partial charge on any atom is 0.229 e. The van der Waals surface area contributed by atoms with Crippen molar-refractivity contribution >= 4 is 56.0 Å². The lowest BCUT2D eigenvalue weighted by molar-refractivity contribution is -0.118. The molecule has 32 heavy (non-hydrogen) atoms. The average molecular weight is 485 g/mol. The van der Waals surface area contributed by atoms with E-state index in [0.29, 0.717) is 18.7 Å². The van der Waals surface area contributed by atoms with E-state index in [1.54, 1.807) is 35.6 Å². The van der Waals surface area contributed by atoms with E-state index in [1.807, 2.05) is 39.9 Å². The molecule has 0 fully saturated rings. The standard InChI is InChI=1S/C24H25ClN4OS2/c1-17-14-18(2)23-21(15-17)27-24(32-23)29(11-3-10-28-12-9-26-16-28)22(30)8-13-31-20-6-4-19(25)5-7-20/h4-7,9,12,14-16H,3,8,10-11,13H2,1-2H3. The molecule has 166 valence electrons. The van der Waals surface area contributed by atoms with Crippen LogP contribution in [0.3, 0.4) is 0 Å². The van der Waals surface area contributed by atoms with Gasteiger partial charge in [0, 0.05) is 47.6 Å². The minimum absolute atomic E-state index is 0.102. The smallest absolute Gasteiger partial charge is 0.229 e. The van der Waals surface area contributed by atoms with Gasteiger partial charge in [-0.25, -0.2) is 9.97 Å². The third kappa shape index (κ3) is 5.71. The third-order valence-electron chi connectivity index (χ3n) is 5.10. The molecule has 0 N–H and O–H groups in total. The second-order valence-electron chi connectivity index (χ2n) is 7.68. The number of carbonyl (C=O) groups excluding carboxylic acids is 1. The van der Waals surface area contributed by atoms with E-state index >= 15 is 0 Å². The number of thioether (sulfide) groups is 1. The topological polar surface area (TPSA) is 51.0 Å². The highest BCUT2D eigenvalue weighted by atomic mass is 35.5. The highest BCUT2D eigenvalue weighted by Crippen LogP contribution is 2.33. The molecule has 4 rings (SSSR count). The second kappa shape index (κ2) is 10.5. The van der Waals surface area contributed by atoms with E-state index in [1.165, 1.54) is 11.1 Å². The van der Waals surface area contributed by atoms with Gasteiger partial charge in [0.2, 0.25) is 5.91 Å². The molecular formula is C24H25ClN4OS2. The van der Waals surface area contributed by atoms with Gasteiger partial charge in [0.15, 0.2) is 5.13 Å². The highest BCUT2D eigenvalue weighted by Gasteiger charge is 2.20. The first-order valence-corrected chi connectivity index (χ1v) is 12.7. The number of rotatable bonds is 9. The van der Waals surface area contributed by atoms with Crippen LogP contribution in [-0.4, -0.2) is 32.7 Å². The fourth-order valence-electron chi connectivity index (χ4n) is 3.56. The molecule has 2 aromatic carbocycles. The van der Waals surface area contributed by atoms with Crippen LogP contribution in [0.1, 0.15) is 24.0 Å². The number of carbonyl (C=O) groups is 1. The number of anilines is 1. The summed E-state index contributed by atoms with van der Waals surface area (Å²) in [6.07, 6.45) is 6.81. The summed E-state index contributed by atoms with van der Waals surface area (Å²) in [5.41, 5.74) is 3.35. The van der Waals surface area contributed by atoms with Crippen molar-refractivity contribution < 1.29 is 4.79 Å². The molecule has 0 spiro atoms. The van der Waals surface area contributed by atoms with E-state index in [4.69, 9.17) is 16.6 Å². The normalized spacial score (nSPS) is 11.2. The lowest BCUT2D eigenvalue weighted by Gasteiger charge is -2.20. The number of hydrogen-bond donors (Lipinski definition) is 0. The quantitative estimate of drug-likeness (QED) is 0.259. The minimum atomic E-state index is 0.102. The van der Waals surface area contributed by atoms with Crippen molar-refractivity contribution in [2.24, 2.45) is 0 Å². The predicted molar refractivity (Wildman–Crippen MR) is 135 cm³/mol. The van der Waals surface area contributed by atoms with Crippen molar-refractivity contribution in [3.05, 3.63) is 71.3 Å². The van der Waals surface area contributed by atoms with Gasteiger partial charge in [-0.15, -0.1) is 11.8 Å². The number of nitrogens with zero attached hydrogens (tertiary/aromatic N) is 4. The van der Waals surface area contributed by atoms with E-state index in [-0.39, 0.29) is 5.91 Å². The number of aromatic nitrogens is 3. The molecule has 0 radical (unpaired) electrons. The number of aryl methyl sites for hydroxylation is 3. The highest BCUT2D eigenvalue weighted by molar-refractivity contribution is 7.99. The van der Waals surface area contributed by atoms with Crippen molar-refractivity contribution in [2.45, 2.75) is 38.1 Å². The summed E-state index contributed by atoms with van der Waals surface area (Å²) in [4.78, 5) is 25.1. The van der Waals surface area contributed by atoms with E-state index in [2.05, 4.69) is 31.0 Å². The van der Waals surface area contributed by atoms with E-state index in [9.17, 15) is 4.79 Å². The summed E-state index contributed by atoms with van der Waals surface area (Å²) < 4.78 is 3.18. The number of benzene rings is 2. The van der Waals surface area contributed by atoms with Gasteiger partial charge in [0.25, 0.3) is 0 Å². The number of fused-ring (bicyclic) bond motifs is 1. The molecule has 8 heteroatoms. The van der Waals surface area contributed by atoms with Gasteiger partial charge in [-0.1, -0.05) is 29.0 Å². The van der Waals surface area contributed by atoms with Crippen LogP contribution in [0.5, 0.6) is 0 Å². The Labute approximate surface area is 201 Å². The van der Waals surface area contributed by atoms with Gasteiger partial charge in [-0.3, -0.25) is 9.69 Å². The Morgan fingerprint density at radius 2 is 2.03 bits per heavy atom. The van der Waals surface area contributed by atoms with Gasteiger partial charge >= 0.3 is 0 Å². The third-order valence-corrected chi connectivity index (χ3v) is 7.59. The molecule has 1 amide bonds. The van der Waals surface area contributed by atoms with E-state index in [0.717, 1.165) is 38.2 Å². The van der Waals surface area contributed by atoms with Gasteiger partial charge < -0.3 is 4.57 Å². The van der Waals surface area contributed by atoms with Gasteiger partial charge in [-0.2, -0.15) is 0 Å². The van der Waals surface area contributed by atoms with E-state index < -0.39 is 0 Å². The molecule has 0 aliphatic rings. The summed E-state index contributed by atoms with van der Waals surface area (Å²) in [7, 11) is 0. The molecule has 5 nitrogen and oxygen atoms in total. The van der Waals surface area contributed by atoms with Gasteiger partial charge in [0.1, 0.15) is 0 Å². The summed E-state index contributed by atoms with van der Waals surface area (Å²) >= 11 is 9.23. The summed E-state index contributed by atoms with van der Waals surface area (Å²) in [5.74, 6) is 0.812. The summed E-state index contributed by atoms with van der Waals surface area (Å²) in [6, 6.07) is 12.0. The van der Waals surface area contributed by atoms with Crippen molar-refractivity contribution in [1.82, 2.24) is 14.5 Å². The minimum Gasteiger partial charge on any atom is -0.337 e. The largest absolute Gasteiger partial charge is 0.337 e. The Morgan fingerprint density at radius 1 is 1.22 bits per heavy atom. The lowest BCUT2D eigenvalue weighted by atomic mass is 10.1. The SMILES string of the molecule is Cc1cc(C)c2sc(N(CCCn3ccnc3)C(=O)CCSc3ccc(Cl)cc3)nc2c1. The first kappa shape index (κ1) is 22.8.